The van der Waals surface area contributed by atoms with Gasteiger partial charge in [-0.05, 0) is 67.6 Å². The Morgan fingerprint density at radius 1 is 1.06 bits per heavy atom. The summed E-state index contributed by atoms with van der Waals surface area (Å²) in [7, 11) is -1.91. The first-order valence-electron chi connectivity index (χ1n) is 10.6. The second-order valence-corrected chi connectivity index (χ2v) is 11.3. The van der Waals surface area contributed by atoms with Crippen LogP contribution < -0.4 is 9.62 Å². The number of benzene rings is 2. The minimum absolute atomic E-state index is 0.0405. The van der Waals surface area contributed by atoms with Gasteiger partial charge in [-0.2, -0.15) is 0 Å². The van der Waals surface area contributed by atoms with Gasteiger partial charge in [-0.1, -0.05) is 40.9 Å². The molecule has 1 aliphatic rings. The topological polar surface area (TPSA) is 67.2 Å². The number of imidazole rings is 1. The van der Waals surface area contributed by atoms with Crippen LogP contribution in [0.2, 0.25) is 15.1 Å². The molecule has 0 bridgehead atoms. The van der Waals surface area contributed by atoms with Gasteiger partial charge in [0.2, 0.25) is 0 Å². The van der Waals surface area contributed by atoms with E-state index in [1.807, 2.05) is 36.4 Å². The number of aryl methyl sites for hydroxylation is 2. The van der Waals surface area contributed by atoms with Crippen molar-refractivity contribution in [3.8, 4) is 0 Å². The van der Waals surface area contributed by atoms with Crippen LogP contribution in [0.3, 0.4) is 0 Å². The molecule has 0 saturated carbocycles. The van der Waals surface area contributed by atoms with Crippen molar-refractivity contribution in [1.29, 1.82) is 0 Å². The molecular formula is C23H25Cl3N4O2S. The molecule has 3 aromatic rings. The van der Waals surface area contributed by atoms with Crippen LogP contribution in [0, 0.1) is 12.8 Å². The van der Waals surface area contributed by atoms with Gasteiger partial charge < -0.3 is 9.47 Å². The van der Waals surface area contributed by atoms with Gasteiger partial charge in [0.15, 0.2) is 5.03 Å². The molecule has 4 rings (SSSR count). The minimum atomic E-state index is -3.68. The summed E-state index contributed by atoms with van der Waals surface area (Å²) < 4.78 is 29.9. The summed E-state index contributed by atoms with van der Waals surface area (Å²) in [5.74, 6) is 0.757. The van der Waals surface area contributed by atoms with Gasteiger partial charge in [-0.3, -0.25) is 0 Å². The molecule has 2 heterocycles. The Labute approximate surface area is 209 Å². The normalized spacial score (nSPS) is 19.1. The van der Waals surface area contributed by atoms with Crippen LogP contribution in [-0.4, -0.2) is 31.1 Å². The van der Waals surface area contributed by atoms with Gasteiger partial charge in [0.05, 0.1) is 6.04 Å². The van der Waals surface area contributed by atoms with Gasteiger partial charge in [0, 0.05) is 47.1 Å². The van der Waals surface area contributed by atoms with Crippen LogP contribution in [0.4, 0.5) is 5.69 Å². The number of rotatable bonds is 6. The SMILES string of the molecule is Cc1nc(S(=O)(=O)NC[C@H]2CC[C@H](c3ccc(Cl)cc3Cl)N(c3ccc(Cl)cc3)C2)cn1C. The predicted octanol–water partition coefficient (Wildman–Crippen LogP) is 5.62. The molecular weight excluding hydrogens is 503 g/mol. The Balaban J connectivity index is 1.55. The van der Waals surface area contributed by atoms with E-state index < -0.39 is 10.0 Å². The Morgan fingerprint density at radius 3 is 2.39 bits per heavy atom. The second kappa shape index (κ2) is 9.84. The highest BCUT2D eigenvalue weighted by Gasteiger charge is 2.32. The minimum Gasteiger partial charge on any atom is -0.364 e. The van der Waals surface area contributed by atoms with E-state index in [1.165, 1.54) is 6.20 Å². The van der Waals surface area contributed by atoms with Crippen molar-refractivity contribution in [1.82, 2.24) is 14.3 Å². The maximum Gasteiger partial charge on any atom is 0.259 e. The molecule has 10 heteroatoms. The average molecular weight is 528 g/mol. The maximum atomic E-state index is 12.7. The molecule has 2 aromatic carbocycles. The molecule has 1 saturated heterocycles. The third-order valence-electron chi connectivity index (χ3n) is 6.08. The highest BCUT2D eigenvalue weighted by atomic mass is 35.5. The molecule has 176 valence electrons. The molecule has 0 radical (unpaired) electrons. The highest BCUT2D eigenvalue weighted by Crippen LogP contribution is 2.40. The molecule has 33 heavy (non-hydrogen) atoms. The number of piperidine rings is 1. The first-order valence-corrected chi connectivity index (χ1v) is 13.2. The smallest absolute Gasteiger partial charge is 0.259 e. The first kappa shape index (κ1) is 24.4. The summed E-state index contributed by atoms with van der Waals surface area (Å²) in [6.07, 6.45) is 3.19. The number of hydrogen-bond donors (Lipinski definition) is 1. The van der Waals surface area contributed by atoms with E-state index in [0.29, 0.717) is 34.0 Å². The third-order valence-corrected chi connectivity index (χ3v) is 8.19. The Morgan fingerprint density at radius 2 is 1.76 bits per heavy atom. The van der Waals surface area contributed by atoms with E-state index in [9.17, 15) is 8.42 Å². The monoisotopic (exact) mass is 526 g/mol. The summed E-state index contributed by atoms with van der Waals surface area (Å²) in [5.41, 5.74) is 2.00. The maximum absolute atomic E-state index is 12.7. The van der Waals surface area contributed by atoms with Crippen LogP contribution >= 0.6 is 34.8 Å². The molecule has 2 atom stereocenters. The standard InChI is InChI=1S/C23H25Cl3N4O2S/c1-15-28-23(14-29(15)2)33(31,32)27-12-16-3-10-22(20-9-6-18(25)11-21(20)26)30(13-16)19-7-4-17(24)5-8-19/h4-9,11,14,16,22,27H,3,10,12-13H2,1-2H3/t16-,22-/m1/s1. The van der Waals surface area contributed by atoms with Crippen molar-refractivity contribution < 1.29 is 8.42 Å². The van der Waals surface area contributed by atoms with E-state index in [0.717, 1.165) is 24.1 Å². The van der Waals surface area contributed by atoms with E-state index in [4.69, 9.17) is 34.8 Å². The quantitative estimate of drug-likeness (QED) is 0.451. The summed E-state index contributed by atoms with van der Waals surface area (Å²) in [6, 6.07) is 13.3. The zero-order valence-corrected chi connectivity index (χ0v) is 21.4. The van der Waals surface area contributed by atoms with E-state index >= 15 is 0 Å². The lowest BCUT2D eigenvalue weighted by Crippen LogP contribution is -2.42. The Kier molecular flexibility index (Phi) is 7.26. The zero-order valence-electron chi connectivity index (χ0n) is 18.3. The molecule has 0 amide bonds. The van der Waals surface area contributed by atoms with Gasteiger partial charge in [-0.25, -0.2) is 18.1 Å². The fraction of sp³-hybridized carbons (Fsp3) is 0.348. The number of hydrogen-bond acceptors (Lipinski definition) is 4. The number of sulfonamides is 1. The third kappa shape index (κ3) is 5.49. The van der Waals surface area contributed by atoms with Crippen molar-refractivity contribution in [2.75, 3.05) is 18.0 Å². The molecule has 1 N–H and O–H groups in total. The van der Waals surface area contributed by atoms with Crippen LogP contribution in [0.1, 0.15) is 30.3 Å². The van der Waals surface area contributed by atoms with E-state index in [1.54, 1.807) is 24.6 Å². The van der Waals surface area contributed by atoms with Gasteiger partial charge >= 0.3 is 0 Å². The number of halogens is 3. The van der Waals surface area contributed by atoms with E-state index in [2.05, 4.69) is 14.6 Å². The van der Waals surface area contributed by atoms with Crippen molar-refractivity contribution >= 4 is 50.5 Å². The zero-order chi connectivity index (χ0) is 23.8. The Hall–Kier alpha value is -1.77. The highest BCUT2D eigenvalue weighted by molar-refractivity contribution is 7.89. The molecule has 0 aliphatic carbocycles. The lowest BCUT2D eigenvalue weighted by Gasteiger charge is -2.42. The largest absolute Gasteiger partial charge is 0.364 e. The molecule has 1 aromatic heterocycles. The van der Waals surface area contributed by atoms with Crippen LogP contribution in [0.25, 0.3) is 0 Å². The number of nitrogens with one attached hydrogen (secondary N) is 1. The number of nitrogens with zero attached hydrogens (tertiary/aromatic N) is 3. The van der Waals surface area contributed by atoms with E-state index in [-0.39, 0.29) is 17.0 Å². The van der Waals surface area contributed by atoms with Gasteiger partial charge in [0.25, 0.3) is 10.0 Å². The van der Waals surface area contributed by atoms with Crippen molar-refractivity contribution in [3.05, 3.63) is 75.1 Å². The molecule has 0 unspecified atom stereocenters. The number of aromatic nitrogens is 2. The van der Waals surface area contributed by atoms with Gasteiger partial charge in [-0.15, -0.1) is 0 Å². The van der Waals surface area contributed by atoms with Crippen LogP contribution in [0.15, 0.2) is 53.7 Å². The summed E-state index contributed by atoms with van der Waals surface area (Å²) in [5, 5.41) is 1.91. The van der Waals surface area contributed by atoms with Crippen LogP contribution in [0.5, 0.6) is 0 Å². The van der Waals surface area contributed by atoms with Crippen molar-refractivity contribution in [2.24, 2.45) is 13.0 Å². The van der Waals surface area contributed by atoms with Crippen molar-refractivity contribution in [3.63, 3.8) is 0 Å². The first-order chi connectivity index (χ1) is 15.6. The second-order valence-electron chi connectivity index (χ2n) is 8.34. The molecule has 1 aliphatic heterocycles. The molecule has 1 fully saturated rings. The Bertz CT molecular complexity index is 1230. The lowest BCUT2D eigenvalue weighted by molar-refractivity contribution is 0.358. The molecule has 6 nitrogen and oxygen atoms in total. The summed E-state index contributed by atoms with van der Waals surface area (Å²) >= 11 is 18.8. The van der Waals surface area contributed by atoms with Crippen LogP contribution in [-0.2, 0) is 17.1 Å². The fourth-order valence-corrected chi connectivity index (χ4v) is 6.00. The average Bonchev–Trinajstić information content (AvgIpc) is 3.12. The number of anilines is 1. The lowest BCUT2D eigenvalue weighted by atomic mass is 9.88. The summed E-state index contributed by atoms with van der Waals surface area (Å²) in [6.45, 7) is 2.75. The van der Waals surface area contributed by atoms with Crippen molar-refractivity contribution in [2.45, 2.75) is 30.8 Å². The predicted molar refractivity (Wildman–Crippen MR) is 134 cm³/mol. The summed E-state index contributed by atoms with van der Waals surface area (Å²) in [4.78, 5) is 6.41. The fourth-order valence-electron chi connectivity index (χ4n) is 4.18. The van der Waals surface area contributed by atoms with Gasteiger partial charge in [0.1, 0.15) is 5.82 Å². The molecule has 0 spiro atoms.